The molecule has 0 spiro atoms. The van der Waals surface area contributed by atoms with Crippen molar-refractivity contribution in [3.63, 3.8) is 0 Å². The fourth-order valence-corrected chi connectivity index (χ4v) is 4.31. The number of nitrogens with zero attached hydrogens (tertiary/aromatic N) is 3. The van der Waals surface area contributed by atoms with Crippen LogP contribution in [0.4, 0.5) is 0 Å². The summed E-state index contributed by atoms with van der Waals surface area (Å²) in [5.74, 6) is 1.06. The number of rotatable bonds is 8. The summed E-state index contributed by atoms with van der Waals surface area (Å²) in [5.41, 5.74) is 8.13. The van der Waals surface area contributed by atoms with E-state index in [2.05, 4.69) is 17.4 Å². The van der Waals surface area contributed by atoms with E-state index in [1.165, 1.54) is 0 Å². The first kappa shape index (κ1) is 27.3. The van der Waals surface area contributed by atoms with Crippen LogP contribution in [0.2, 0.25) is 0 Å². The van der Waals surface area contributed by atoms with Gasteiger partial charge in [0.25, 0.3) is 5.56 Å². The lowest BCUT2D eigenvalue weighted by atomic mass is 9.96. The number of carbonyl (C=O) groups is 1. The average Bonchev–Trinajstić information content (AvgIpc) is 3.46. The van der Waals surface area contributed by atoms with Crippen molar-refractivity contribution < 1.29 is 14.4 Å². The van der Waals surface area contributed by atoms with E-state index in [1.807, 2.05) is 62.2 Å². The van der Waals surface area contributed by atoms with Crippen LogP contribution in [-0.4, -0.2) is 34.4 Å². The molecule has 0 bridgehead atoms. The normalized spacial score (nSPS) is 11.1. The molecule has 0 atom stereocenters. The molecule has 4 aromatic rings. The number of aliphatic imine (C=N–C) groups is 1. The fraction of sp³-hybridized carbons (Fsp3) is 0.241. The standard InChI is InChI=1S/C28H30N4O3.CH2O/c1-4-5-10-26-25(28(33)32(19(2)30-26)22-15-16-35-18-22)17-20-11-13-21(14-12-20)23-8-6-7-9-24(23)27(29-3)31-34;1-2/h6-9,11-16,18,34H,4-5,10,17H2,1-3H3,(H,29,31);1H2. The van der Waals surface area contributed by atoms with E-state index in [9.17, 15) is 10.0 Å². The number of carbonyl (C=O) groups excluding carboxylic acids is 1. The SMILES string of the molecule is C=O.CCCCc1nc(C)n(-c2ccoc2)c(=O)c1Cc1ccc(-c2ccccc2C(=NC)NO)cc1. The Morgan fingerprint density at radius 3 is 2.49 bits per heavy atom. The summed E-state index contributed by atoms with van der Waals surface area (Å²) in [6.07, 6.45) is 6.39. The molecule has 4 rings (SSSR count). The Bertz CT molecular complexity index is 1390. The maximum absolute atomic E-state index is 13.6. The van der Waals surface area contributed by atoms with Gasteiger partial charge in [-0.15, -0.1) is 0 Å². The van der Waals surface area contributed by atoms with E-state index >= 15 is 0 Å². The zero-order valence-electron chi connectivity index (χ0n) is 21.4. The lowest BCUT2D eigenvalue weighted by Crippen LogP contribution is -2.28. The Balaban J connectivity index is 0.00000186. The Kier molecular flexibility index (Phi) is 9.69. The van der Waals surface area contributed by atoms with Crippen LogP contribution in [-0.2, 0) is 17.6 Å². The Labute approximate surface area is 216 Å². The van der Waals surface area contributed by atoms with Crippen molar-refractivity contribution in [2.45, 2.75) is 39.5 Å². The molecule has 0 amide bonds. The maximum atomic E-state index is 13.6. The molecular formula is C29H32N4O4. The highest BCUT2D eigenvalue weighted by Gasteiger charge is 2.17. The molecule has 0 radical (unpaired) electrons. The highest BCUT2D eigenvalue weighted by molar-refractivity contribution is 6.03. The molecule has 0 saturated carbocycles. The number of aryl methyl sites for hydroxylation is 2. The van der Waals surface area contributed by atoms with Gasteiger partial charge in [0.2, 0.25) is 0 Å². The number of furan rings is 1. The summed E-state index contributed by atoms with van der Waals surface area (Å²) in [7, 11) is 1.63. The zero-order chi connectivity index (χ0) is 26.8. The van der Waals surface area contributed by atoms with Gasteiger partial charge in [-0.05, 0) is 36.5 Å². The second kappa shape index (κ2) is 13.1. The Morgan fingerprint density at radius 1 is 1.14 bits per heavy atom. The molecule has 2 heterocycles. The number of nitrogens with one attached hydrogen (secondary N) is 1. The molecule has 0 unspecified atom stereocenters. The summed E-state index contributed by atoms with van der Waals surface area (Å²) >= 11 is 0. The Morgan fingerprint density at radius 2 is 1.86 bits per heavy atom. The highest BCUT2D eigenvalue weighted by atomic mass is 16.5. The molecule has 0 aliphatic carbocycles. The van der Waals surface area contributed by atoms with E-state index in [1.54, 1.807) is 30.2 Å². The van der Waals surface area contributed by atoms with E-state index in [0.717, 1.165) is 47.2 Å². The summed E-state index contributed by atoms with van der Waals surface area (Å²) in [6, 6.07) is 17.7. The largest absolute Gasteiger partial charge is 0.470 e. The third kappa shape index (κ3) is 6.10. The van der Waals surface area contributed by atoms with E-state index in [4.69, 9.17) is 14.2 Å². The van der Waals surface area contributed by atoms with Crippen molar-refractivity contribution in [2.24, 2.45) is 4.99 Å². The van der Waals surface area contributed by atoms with Crippen LogP contribution < -0.4 is 11.0 Å². The van der Waals surface area contributed by atoms with Crippen LogP contribution in [0.1, 0.15) is 48.0 Å². The zero-order valence-corrected chi connectivity index (χ0v) is 21.4. The van der Waals surface area contributed by atoms with E-state index < -0.39 is 0 Å². The highest BCUT2D eigenvalue weighted by Crippen LogP contribution is 2.25. The van der Waals surface area contributed by atoms with Crippen molar-refractivity contribution in [3.8, 4) is 16.8 Å². The van der Waals surface area contributed by atoms with Crippen molar-refractivity contribution in [1.29, 1.82) is 0 Å². The topological polar surface area (TPSA) is 110 Å². The number of amidine groups is 1. The maximum Gasteiger partial charge on any atom is 0.261 e. The van der Waals surface area contributed by atoms with Gasteiger partial charge in [-0.1, -0.05) is 61.9 Å². The molecule has 0 aliphatic rings. The summed E-state index contributed by atoms with van der Waals surface area (Å²) in [5, 5.41) is 9.46. The van der Waals surface area contributed by atoms with Gasteiger partial charge in [-0.25, -0.2) is 4.98 Å². The summed E-state index contributed by atoms with van der Waals surface area (Å²) in [4.78, 5) is 30.5. The van der Waals surface area contributed by atoms with Crippen LogP contribution in [0.3, 0.4) is 0 Å². The predicted octanol–water partition coefficient (Wildman–Crippen LogP) is 4.90. The van der Waals surface area contributed by atoms with Gasteiger partial charge in [-0.2, -0.15) is 0 Å². The van der Waals surface area contributed by atoms with Gasteiger partial charge >= 0.3 is 0 Å². The Hall–Kier alpha value is -4.30. The fourth-order valence-electron chi connectivity index (χ4n) is 4.31. The summed E-state index contributed by atoms with van der Waals surface area (Å²) < 4.78 is 6.83. The number of hydroxylamine groups is 1. The van der Waals surface area contributed by atoms with Crippen LogP contribution >= 0.6 is 0 Å². The molecule has 8 heteroatoms. The minimum Gasteiger partial charge on any atom is -0.470 e. The smallest absolute Gasteiger partial charge is 0.261 e. The van der Waals surface area contributed by atoms with E-state index in [0.29, 0.717) is 29.3 Å². The van der Waals surface area contributed by atoms with Crippen LogP contribution in [0.15, 0.2) is 81.3 Å². The number of aromatic nitrogens is 2. The lowest BCUT2D eigenvalue weighted by Gasteiger charge is -2.15. The molecule has 0 saturated heterocycles. The van der Waals surface area contributed by atoms with Gasteiger partial charge < -0.3 is 9.21 Å². The molecule has 0 aliphatic heterocycles. The van der Waals surface area contributed by atoms with Crippen LogP contribution in [0, 0.1) is 6.92 Å². The van der Waals surface area contributed by atoms with Gasteiger partial charge in [0.05, 0.1) is 17.6 Å². The molecule has 2 N–H and O–H groups in total. The number of benzene rings is 2. The molecule has 37 heavy (non-hydrogen) atoms. The van der Waals surface area contributed by atoms with Gasteiger partial charge in [0.1, 0.15) is 18.9 Å². The molecule has 192 valence electrons. The van der Waals surface area contributed by atoms with Gasteiger partial charge in [0, 0.05) is 30.7 Å². The van der Waals surface area contributed by atoms with Crippen LogP contribution in [0.5, 0.6) is 0 Å². The molecular weight excluding hydrogens is 468 g/mol. The summed E-state index contributed by atoms with van der Waals surface area (Å²) in [6.45, 7) is 5.99. The third-order valence-electron chi connectivity index (χ3n) is 6.12. The minimum absolute atomic E-state index is 0.0581. The number of unbranched alkanes of at least 4 members (excludes halogenated alkanes) is 1. The quantitative estimate of drug-likeness (QED) is 0.202. The molecule has 2 aromatic heterocycles. The molecule has 2 aromatic carbocycles. The van der Waals surface area contributed by atoms with Gasteiger partial charge in [-0.3, -0.25) is 25.0 Å². The first-order chi connectivity index (χ1) is 18.1. The average molecular weight is 501 g/mol. The van der Waals surface area contributed by atoms with Gasteiger partial charge in [0.15, 0.2) is 5.84 Å². The lowest BCUT2D eigenvalue weighted by molar-refractivity contribution is -0.0980. The minimum atomic E-state index is -0.0581. The predicted molar refractivity (Wildman–Crippen MR) is 145 cm³/mol. The first-order valence-electron chi connectivity index (χ1n) is 12.1. The second-order valence-corrected chi connectivity index (χ2v) is 8.41. The third-order valence-corrected chi connectivity index (χ3v) is 6.12. The second-order valence-electron chi connectivity index (χ2n) is 8.41. The van der Waals surface area contributed by atoms with Crippen LogP contribution in [0.25, 0.3) is 16.8 Å². The van der Waals surface area contributed by atoms with Crippen molar-refractivity contribution in [2.75, 3.05) is 7.05 Å². The van der Waals surface area contributed by atoms with Crippen molar-refractivity contribution in [1.82, 2.24) is 15.0 Å². The monoisotopic (exact) mass is 500 g/mol. The van der Waals surface area contributed by atoms with Crippen molar-refractivity contribution >= 4 is 12.6 Å². The molecule has 0 fully saturated rings. The first-order valence-corrected chi connectivity index (χ1v) is 12.1. The van der Waals surface area contributed by atoms with E-state index in [-0.39, 0.29) is 5.56 Å². The van der Waals surface area contributed by atoms with Crippen molar-refractivity contribution in [3.05, 3.63) is 106 Å². The number of hydrogen-bond donors (Lipinski definition) is 2. The number of hydrogen-bond acceptors (Lipinski definition) is 6. The molecule has 8 nitrogen and oxygen atoms in total.